The van der Waals surface area contributed by atoms with Crippen LogP contribution in [0.15, 0.2) is 0 Å². The van der Waals surface area contributed by atoms with E-state index in [2.05, 4.69) is 5.32 Å². The molecular formula is C8H13NO3. The van der Waals surface area contributed by atoms with Gasteiger partial charge < -0.3 is 9.84 Å². The molecule has 4 heteroatoms. The monoisotopic (exact) mass is 171 g/mol. The van der Waals surface area contributed by atoms with Crippen LogP contribution < -0.4 is 5.32 Å². The summed E-state index contributed by atoms with van der Waals surface area (Å²) in [6.45, 7) is 1.01. The highest BCUT2D eigenvalue weighted by Gasteiger charge is 2.42. The molecule has 1 atom stereocenters. The highest BCUT2D eigenvalue weighted by atomic mass is 16.5. The standard InChI is InChI=1S/C8H13NO3/c10-7(11)6-4-12-8(5-9-6)2-1-3-8/h6,9H,1-5H2,(H,10,11). The second-order valence-corrected chi connectivity index (χ2v) is 3.62. The minimum absolute atomic E-state index is 0.00799. The summed E-state index contributed by atoms with van der Waals surface area (Å²) < 4.78 is 5.53. The maximum Gasteiger partial charge on any atom is 0.323 e. The predicted molar refractivity (Wildman–Crippen MR) is 42.0 cm³/mol. The molecule has 0 aromatic rings. The summed E-state index contributed by atoms with van der Waals surface area (Å²) in [5.74, 6) is -0.816. The van der Waals surface area contributed by atoms with Crippen molar-refractivity contribution in [3.8, 4) is 0 Å². The zero-order valence-electron chi connectivity index (χ0n) is 6.88. The van der Waals surface area contributed by atoms with E-state index in [1.807, 2.05) is 0 Å². The van der Waals surface area contributed by atoms with Gasteiger partial charge >= 0.3 is 5.97 Å². The Labute approximate surface area is 70.9 Å². The molecular weight excluding hydrogens is 158 g/mol. The largest absolute Gasteiger partial charge is 0.480 e. The molecule has 4 nitrogen and oxygen atoms in total. The summed E-state index contributed by atoms with van der Waals surface area (Å²) >= 11 is 0. The van der Waals surface area contributed by atoms with Crippen LogP contribution >= 0.6 is 0 Å². The van der Waals surface area contributed by atoms with Crippen LogP contribution in [0.4, 0.5) is 0 Å². The van der Waals surface area contributed by atoms with E-state index >= 15 is 0 Å². The molecule has 2 aliphatic rings. The molecule has 2 fully saturated rings. The third kappa shape index (κ3) is 1.21. The van der Waals surface area contributed by atoms with Crippen molar-refractivity contribution in [1.82, 2.24) is 5.32 Å². The third-order valence-corrected chi connectivity index (χ3v) is 2.79. The molecule has 2 rings (SSSR count). The van der Waals surface area contributed by atoms with Crippen LogP contribution in [0.3, 0.4) is 0 Å². The SMILES string of the molecule is O=C(O)C1COC2(CCC2)CN1. The number of aliphatic carboxylic acids is 1. The van der Waals surface area contributed by atoms with E-state index in [0.717, 1.165) is 12.8 Å². The zero-order valence-corrected chi connectivity index (χ0v) is 6.88. The van der Waals surface area contributed by atoms with Gasteiger partial charge in [0.2, 0.25) is 0 Å². The van der Waals surface area contributed by atoms with Gasteiger partial charge in [0.05, 0.1) is 12.2 Å². The fraction of sp³-hybridized carbons (Fsp3) is 0.875. The van der Waals surface area contributed by atoms with E-state index in [-0.39, 0.29) is 5.60 Å². The van der Waals surface area contributed by atoms with Crippen molar-refractivity contribution in [3.05, 3.63) is 0 Å². The van der Waals surface area contributed by atoms with Crippen molar-refractivity contribution in [2.45, 2.75) is 30.9 Å². The number of ether oxygens (including phenoxy) is 1. The Balaban J connectivity index is 1.88. The fourth-order valence-corrected chi connectivity index (χ4v) is 1.73. The lowest BCUT2D eigenvalue weighted by Gasteiger charge is -2.46. The summed E-state index contributed by atoms with van der Waals surface area (Å²) in [5.41, 5.74) is -0.00799. The average molecular weight is 171 g/mol. The number of carboxylic acid groups (broad SMARTS) is 1. The number of hydrogen-bond donors (Lipinski definition) is 2. The summed E-state index contributed by atoms with van der Waals surface area (Å²) in [7, 11) is 0. The Morgan fingerprint density at radius 2 is 2.33 bits per heavy atom. The van der Waals surface area contributed by atoms with Crippen LogP contribution in [0.2, 0.25) is 0 Å². The molecule has 12 heavy (non-hydrogen) atoms. The van der Waals surface area contributed by atoms with Gasteiger partial charge in [-0.3, -0.25) is 10.1 Å². The van der Waals surface area contributed by atoms with Crippen LogP contribution in [-0.2, 0) is 9.53 Å². The molecule has 1 saturated heterocycles. The molecule has 0 bridgehead atoms. The molecule has 1 heterocycles. The highest BCUT2D eigenvalue weighted by Crippen LogP contribution is 2.36. The van der Waals surface area contributed by atoms with Gasteiger partial charge in [-0.2, -0.15) is 0 Å². The zero-order chi connectivity index (χ0) is 8.60. The van der Waals surface area contributed by atoms with Crippen LogP contribution in [0.25, 0.3) is 0 Å². The average Bonchev–Trinajstić information content (AvgIpc) is 2.02. The lowest BCUT2D eigenvalue weighted by atomic mass is 9.79. The minimum atomic E-state index is -0.816. The second kappa shape index (κ2) is 2.71. The summed E-state index contributed by atoms with van der Waals surface area (Å²) in [4.78, 5) is 10.5. The lowest BCUT2D eigenvalue weighted by Crippen LogP contribution is -2.59. The number of rotatable bonds is 1. The van der Waals surface area contributed by atoms with Crippen molar-refractivity contribution in [1.29, 1.82) is 0 Å². The van der Waals surface area contributed by atoms with E-state index in [1.54, 1.807) is 0 Å². The van der Waals surface area contributed by atoms with Crippen LogP contribution in [-0.4, -0.2) is 35.9 Å². The van der Waals surface area contributed by atoms with Crippen molar-refractivity contribution < 1.29 is 14.6 Å². The van der Waals surface area contributed by atoms with Crippen molar-refractivity contribution in [2.75, 3.05) is 13.2 Å². The molecule has 1 unspecified atom stereocenters. The smallest absolute Gasteiger partial charge is 0.323 e. The van der Waals surface area contributed by atoms with Gasteiger partial charge in [0, 0.05) is 6.54 Å². The summed E-state index contributed by atoms with van der Waals surface area (Å²) in [6, 6.07) is -0.503. The quantitative estimate of drug-likeness (QED) is 0.582. The van der Waals surface area contributed by atoms with Crippen molar-refractivity contribution in [3.63, 3.8) is 0 Å². The van der Waals surface area contributed by atoms with Gasteiger partial charge in [0.15, 0.2) is 0 Å². The van der Waals surface area contributed by atoms with E-state index in [9.17, 15) is 4.79 Å². The van der Waals surface area contributed by atoms with Crippen LogP contribution in [0.1, 0.15) is 19.3 Å². The van der Waals surface area contributed by atoms with Gasteiger partial charge in [0.25, 0.3) is 0 Å². The maximum absolute atomic E-state index is 10.5. The predicted octanol–water partition coefficient (Wildman–Crippen LogP) is -0.0179. The van der Waals surface area contributed by atoms with Gasteiger partial charge in [-0.25, -0.2) is 0 Å². The first kappa shape index (κ1) is 8.01. The number of hydrogen-bond acceptors (Lipinski definition) is 3. The van der Waals surface area contributed by atoms with Crippen molar-refractivity contribution >= 4 is 5.97 Å². The Bertz CT molecular complexity index is 190. The van der Waals surface area contributed by atoms with E-state index in [4.69, 9.17) is 9.84 Å². The molecule has 1 spiro atoms. The minimum Gasteiger partial charge on any atom is -0.480 e. The Morgan fingerprint density at radius 1 is 1.58 bits per heavy atom. The maximum atomic E-state index is 10.5. The Kier molecular flexibility index (Phi) is 1.81. The molecule has 1 saturated carbocycles. The molecule has 1 aliphatic heterocycles. The first-order chi connectivity index (χ1) is 5.72. The van der Waals surface area contributed by atoms with Gasteiger partial charge in [0.1, 0.15) is 6.04 Å². The fourth-order valence-electron chi connectivity index (χ4n) is 1.73. The molecule has 0 aromatic heterocycles. The van der Waals surface area contributed by atoms with Crippen LogP contribution in [0, 0.1) is 0 Å². The number of carbonyl (C=O) groups is 1. The molecule has 68 valence electrons. The third-order valence-electron chi connectivity index (χ3n) is 2.79. The van der Waals surface area contributed by atoms with Crippen LogP contribution in [0.5, 0.6) is 0 Å². The first-order valence-corrected chi connectivity index (χ1v) is 4.32. The van der Waals surface area contributed by atoms with Crippen molar-refractivity contribution in [2.24, 2.45) is 0 Å². The Morgan fingerprint density at radius 3 is 2.67 bits per heavy atom. The summed E-state index contributed by atoms with van der Waals surface area (Å²) in [5, 5.41) is 11.6. The second-order valence-electron chi connectivity index (χ2n) is 3.62. The van der Waals surface area contributed by atoms with E-state index in [0.29, 0.717) is 13.2 Å². The number of morpholine rings is 1. The molecule has 1 aliphatic carbocycles. The molecule has 0 radical (unpaired) electrons. The van der Waals surface area contributed by atoms with Gasteiger partial charge in [-0.15, -0.1) is 0 Å². The summed E-state index contributed by atoms with van der Waals surface area (Å²) in [6.07, 6.45) is 3.36. The topological polar surface area (TPSA) is 58.6 Å². The molecule has 0 aromatic carbocycles. The van der Waals surface area contributed by atoms with Gasteiger partial charge in [-0.1, -0.05) is 0 Å². The first-order valence-electron chi connectivity index (χ1n) is 4.32. The highest BCUT2D eigenvalue weighted by molar-refractivity contribution is 5.73. The van der Waals surface area contributed by atoms with E-state index in [1.165, 1.54) is 6.42 Å². The van der Waals surface area contributed by atoms with Gasteiger partial charge in [-0.05, 0) is 19.3 Å². The number of carboxylic acids is 1. The number of nitrogens with one attached hydrogen (secondary N) is 1. The molecule has 2 N–H and O–H groups in total. The Hall–Kier alpha value is -0.610. The molecule has 0 amide bonds. The normalized spacial score (nSPS) is 32.8. The lowest BCUT2D eigenvalue weighted by molar-refractivity contribution is -0.158. The van der Waals surface area contributed by atoms with E-state index < -0.39 is 12.0 Å².